The molecule has 106 valence electrons. The molecule has 0 saturated carbocycles. The second-order valence-electron chi connectivity index (χ2n) is 5.58. The second kappa shape index (κ2) is 5.75. The highest BCUT2D eigenvalue weighted by atomic mass is 16.5. The molecule has 0 fully saturated rings. The van der Waals surface area contributed by atoms with Crippen LogP contribution in [0.3, 0.4) is 0 Å². The number of pyridine rings is 1. The van der Waals surface area contributed by atoms with E-state index in [0.29, 0.717) is 0 Å². The van der Waals surface area contributed by atoms with Crippen LogP contribution in [0.4, 0.5) is 0 Å². The van der Waals surface area contributed by atoms with E-state index in [1.807, 2.05) is 18.3 Å². The van der Waals surface area contributed by atoms with E-state index in [4.69, 9.17) is 4.52 Å². The van der Waals surface area contributed by atoms with Crippen molar-refractivity contribution in [3.05, 3.63) is 47.1 Å². The third-order valence-corrected chi connectivity index (χ3v) is 4.21. The Morgan fingerprint density at radius 2 is 2.15 bits per heavy atom. The van der Waals surface area contributed by atoms with Crippen LogP contribution in [-0.4, -0.2) is 22.1 Å². The Bertz CT molecular complexity index is 564. The van der Waals surface area contributed by atoms with Crippen molar-refractivity contribution in [2.24, 2.45) is 0 Å². The van der Waals surface area contributed by atoms with Gasteiger partial charge in [0.25, 0.3) is 0 Å². The number of hydrogen-bond acceptors (Lipinski definition) is 4. The fourth-order valence-electron chi connectivity index (χ4n) is 2.80. The number of nitrogens with zero attached hydrogens (tertiary/aromatic N) is 3. The summed E-state index contributed by atoms with van der Waals surface area (Å²) in [6, 6.07) is 6.32. The summed E-state index contributed by atoms with van der Waals surface area (Å²) in [7, 11) is 2.11. The largest absolute Gasteiger partial charge is 0.361 e. The van der Waals surface area contributed by atoms with Crippen molar-refractivity contribution in [1.82, 2.24) is 15.0 Å². The van der Waals surface area contributed by atoms with Crippen molar-refractivity contribution in [2.45, 2.75) is 45.2 Å². The number of rotatable bonds is 4. The van der Waals surface area contributed by atoms with E-state index in [1.165, 1.54) is 18.4 Å². The van der Waals surface area contributed by atoms with E-state index < -0.39 is 0 Å². The van der Waals surface area contributed by atoms with Gasteiger partial charge in [-0.05, 0) is 45.4 Å². The highest BCUT2D eigenvalue weighted by molar-refractivity contribution is 5.25. The number of fused-ring (bicyclic) bond motifs is 1. The van der Waals surface area contributed by atoms with Crippen LogP contribution in [0.15, 0.2) is 28.9 Å². The first-order chi connectivity index (χ1) is 9.75. The molecule has 1 aliphatic rings. The lowest BCUT2D eigenvalue weighted by atomic mass is 9.96. The van der Waals surface area contributed by atoms with E-state index in [9.17, 15) is 0 Å². The summed E-state index contributed by atoms with van der Waals surface area (Å²) >= 11 is 0. The molecule has 0 spiro atoms. The molecule has 2 aromatic rings. The van der Waals surface area contributed by atoms with Crippen LogP contribution in [0.5, 0.6) is 0 Å². The van der Waals surface area contributed by atoms with Crippen molar-refractivity contribution < 1.29 is 4.52 Å². The Kier molecular flexibility index (Phi) is 3.83. The Morgan fingerprint density at radius 3 is 2.95 bits per heavy atom. The molecule has 0 aromatic carbocycles. The first-order valence-electron chi connectivity index (χ1n) is 7.33. The van der Waals surface area contributed by atoms with Crippen molar-refractivity contribution in [3.63, 3.8) is 0 Å². The normalized spacial score (nSPS) is 16.1. The molecule has 1 atom stereocenters. The van der Waals surface area contributed by atoms with E-state index in [1.54, 1.807) is 0 Å². The maximum Gasteiger partial charge on any atom is 0.140 e. The number of hydrogen-bond donors (Lipinski definition) is 0. The van der Waals surface area contributed by atoms with Gasteiger partial charge in [-0.1, -0.05) is 11.2 Å². The monoisotopic (exact) mass is 271 g/mol. The van der Waals surface area contributed by atoms with Crippen LogP contribution in [0, 0.1) is 0 Å². The molecule has 1 aliphatic carbocycles. The van der Waals surface area contributed by atoms with Gasteiger partial charge in [0.05, 0.1) is 5.69 Å². The zero-order valence-electron chi connectivity index (χ0n) is 12.2. The lowest BCUT2D eigenvalue weighted by Gasteiger charge is -2.23. The molecular weight excluding hydrogens is 250 g/mol. The summed E-state index contributed by atoms with van der Waals surface area (Å²) in [4.78, 5) is 6.70. The third-order valence-electron chi connectivity index (χ3n) is 4.21. The van der Waals surface area contributed by atoms with Crippen molar-refractivity contribution in [3.8, 4) is 0 Å². The molecule has 0 radical (unpaired) electrons. The average Bonchev–Trinajstić information content (AvgIpc) is 2.91. The van der Waals surface area contributed by atoms with Crippen LogP contribution < -0.4 is 0 Å². The topological polar surface area (TPSA) is 42.2 Å². The molecule has 0 aliphatic heterocycles. The van der Waals surface area contributed by atoms with Gasteiger partial charge in [0.2, 0.25) is 0 Å². The van der Waals surface area contributed by atoms with Gasteiger partial charge >= 0.3 is 0 Å². The fourth-order valence-corrected chi connectivity index (χ4v) is 2.80. The van der Waals surface area contributed by atoms with Gasteiger partial charge in [-0.15, -0.1) is 0 Å². The van der Waals surface area contributed by atoms with Crippen LogP contribution in [0.1, 0.15) is 48.5 Å². The molecule has 3 rings (SSSR count). The lowest BCUT2D eigenvalue weighted by molar-refractivity contribution is 0.240. The van der Waals surface area contributed by atoms with Gasteiger partial charge in [-0.2, -0.15) is 0 Å². The average molecular weight is 271 g/mol. The first kappa shape index (κ1) is 13.3. The van der Waals surface area contributed by atoms with Crippen molar-refractivity contribution >= 4 is 0 Å². The fraction of sp³-hybridized carbons (Fsp3) is 0.500. The highest BCUT2D eigenvalue weighted by Crippen LogP contribution is 2.26. The molecule has 4 heteroatoms. The van der Waals surface area contributed by atoms with Gasteiger partial charge in [0.1, 0.15) is 11.5 Å². The van der Waals surface area contributed by atoms with Gasteiger partial charge in [-0.25, -0.2) is 0 Å². The van der Waals surface area contributed by atoms with Gasteiger partial charge in [-0.3, -0.25) is 9.88 Å². The maximum absolute atomic E-state index is 5.48. The molecular formula is C16H21N3O. The van der Waals surface area contributed by atoms with Crippen molar-refractivity contribution in [2.75, 3.05) is 7.05 Å². The minimum atomic E-state index is 0.271. The van der Waals surface area contributed by atoms with Gasteiger partial charge in [0, 0.05) is 30.8 Å². The van der Waals surface area contributed by atoms with E-state index in [0.717, 1.165) is 36.5 Å². The molecule has 0 saturated heterocycles. The van der Waals surface area contributed by atoms with E-state index in [2.05, 4.69) is 35.1 Å². The summed E-state index contributed by atoms with van der Waals surface area (Å²) in [6.45, 7) is 2.99. The quantitative estimate of drug-likeness (QED) is 0.856. The zero-order chi connectivity index (χ0) is 13.9. The SMILES string of the molecule is CC(c1ccccn1)N(C)Cc1noc2c1CCCC2. The minimum absolute atomic E-state index is 0.271. The first-order valence-corrected chi connectivity index (χ1v) is 7.33. The number of aromatic nitrogens is 2. The molecule has 0 N–H and O–H groups in total. The Morgan fingerprint density at radius 1 is 1.30 bits per heavy atom. The molecule has 4 nitrogen and oxygen atoms in total. The summed E-state index contributed by atoms with van der Waals surface area (Å²) < 4.78 is 5.48. The summed E-state index contributed by atoms with van der Waals surface area (Å²) in [5.74, 6) is 1.10. The maximum atomic E-state index is 5.48. The van der Waals surface area contributed by atoms with E-state index in [-0.39, 0.29) is 6.04 Å². The summed E-state index contributed by atoms with van der Waals surface area (Å²) in [6.07, 6.45) is 6.47. The summed E-state index contributed by atoms with van der Waals surface area (Å²) in [5, 5.41) is 4.28. The van der Waals surface area contributed by atoms with Crippen molar-refractivity contribution in [1.29, 1.82) is 0 Å². The zero-order valence-corrected chi connectivity index (χ0v) is 12.2. The summed E-state index contributed by atoms with van der Waals surface area (Å²) in [5.41, 5.74) is 3.54. The second-order valence-corrected chi connectivity index (χ2v) is 5.58. The molecule has 0 bridgehead atoms. The Balaban J connectivity index is 1.73. The van der Waals surface area contributed by atoms with E-state index >= 15 is 0 Å². The lowest BCUT2D eigenvalue weighted by Crippen LogP contribution is -2.23. The molecule has 1 unspecified atom stereocenters. The molecule has 2 aromatic heterocycles. The van der Waals surface area contributed by atoms with Crippen LogP contribution in [-0.2, 0) is 19.4 Å². The molecule has 2 heterocycles. The third kappa shape index (κ3) is 2.61. The number of aryl methyl sites for hydroxylation is 1. The smallest absolute Gasteiger partial charge is 0.140 e. The van der Waals surface area contributed by atoms with Crippen LogP contribution in [0.25, 0.3) is 0 Å². The van der Waals surface area contributed by atoms with Gasteiger partial charge in [0.15, 0.2) is 0 Å². The molecule has 0 amide bonds. The van der Waals surface area contributed by atoms with Gasteiger partial charge < -0.3 is 4.52 Å². The predicted octanol–water partition coefficient (Wildman–Crippen LogP) is 3.14. The van der Waals surface area contributed by atoms with Crippen LogP contribution in [0.2, 0.25) is 0 Å². The highest BCUT2D eigenvalue weighted by Gasteiger charge is 2.22. The minimum Gasteiger partial charge on any atom is -0.361 e. The Hall–Kier alpha value is -1.68. The predicted molar refractivity (Wildman–Crippen MR) is 77.3 cm³/mol. The van der Waals surface area contributed by atoms with Crippen LogP contribution >= 0.6 is 0 Å². The molecule has 20 heavy (non-hydrogen) atoms. The Labute approximate surface area is 119 Å². The standard InChI is InChI=1S/C16H21N3O/c1-12(14-8-5-6-10-17-14)19(2)11-15-13-7-3-4-9-16(13)20-18-15/h5-6,8,10,12H,3-4,7,9,11H2,1-2H3.